The van der Waals surface area contributed by atoms with Crippen LogP contribution in [0.4, 0.5) is 0 Å². The predicted molar refractivity (Wildman–Crippen MR) is 77.3 cm³/mol. The van der Waals surface area contributed by atoms with Crippen LogP contribution in [-0.2, 0) is 10.0 Å². The van der Waals surface area contributed by atoms with Gasteiger partial charge < -0.3 is 4.74 Å². The van der Waals surface area contributed by atoms with Crippen LogP contribution in [0.25, 0.3) is 0 Å². The largest absolute Gasteiger partial charge is 0.496 e. The highest BCUT2D eigenvalue weighted by atomic mass is 32.2. The van der Waals surface area contributed by atoms with Gasteiger partial charge in [0.05, 0.1) is 12.0 Å². The molecular weight excluding hydrogens is 274 g/mol. The molecule has 0 radical (unpaired) electrons. The zero-order valence-corrected chi connectivity index (χ0v) is 12.7. The van der Waals surface area contributed by atoms with Crippen molar-refractivity contribution < 1.29 is 13.2 Å². The number of benzene rings is 1. The Hall–Kier alpha value is -1.07. The van der Waals surface area contributed by atoms with Crippen LogP contribution in [0.15, 0.2) is 23.1 Å². The lowest BCUT2D eigenvalue weighted by Gasteiger charge is -2.22. The molecule has 1 aromatic rings. The number of rotatable bonds is 4. The molecule has 3 rings (SSSR count). The normalized spacial score (nSPS) is 28.8. The van der Waals surface area contributed by atoms with Crippen LogP contribution < -0.4 is 9.46 Å². The maximum atomic E-state index is 12.5. The van der Waals surface area contributed by atoms with E-state index in [-0.39, 0.29) is 6.04 Å². The molecule has 110 valence electrons. The predicted octanol–water partition coefficient (Wildman–Crippen LogP) is 2.47. The monoisotopic (exact) mass is 295 g/mol. The van der Waals surface area contributed by atoms with Gasteiger partial charge in [0.15, 0.2) is 0 Å². The molecule has 5 heteroatoms. The highest BCUT2D eigenvalue weighted by molar-refractivity contribution is 7.89. The van der Waals surface area contributed by atoms with Crippen molar-refractivity contribution in [1.82, 2.24) is 4.72 Å². The summed E-state index contributed by atoms with van der Waals surface area (Å²) in [7, 11) is -1.83. The van der Waals surface area contributed by atoms with E-state index < -0.39 is 10.0 Å². The standard InChI is InChI=1S/C15H21NO3S/c1-10-7-13(5-6-15(10)19-2)20(17,18)16-14-9-11-3-4-12(14)8-11/h5-7,11-12,14,16H,3-4,8-9H2,1-2H3/t11-,12+,14-/m0/s1. The SMILES string of the molecule is COc1ccc(S(=O)(=O)N[C@H]2C[C@H]3CC[C@@H]2C3)cc1C. The van der Waals surface area contributed by atoms with Gasteiger partial charge in [-0.2, -0.15) is 0 Å². The smallest absolute Gasteiger partial charge is 0.240 e. The molecule has 0 spiro atoms. The Morgan fingerprint density at radius 1 is 1.25 bits per heavy atom. The van der Waals surface area contributed by atoms with Crippen molar-refractivity contribution in [3.8, 4) is 5.75 Å². The summed E-state index contributed by atoms with van der Waals surface area (Å²) in [5, 5.41) is 0. The number of nitrogens with one attached hydrogen (secondary N) is 1. The number of ether oxygens (including phenoxy) is 1. The van der Waals surface area contributed by atoms with E-state index in [0.717, 1.165) is 17.9 Å². The third-order valence-corrected chi connectivity index (χ3v) is 6.21. The lowest BCUT2D eigenvalue weighted by molar-refractivity contribution is 0.390. The van der Waals surface area contributed by atoms with Crippen LogP contribution >= 0.6 is 0 Å². The highest BCUT2D eigenvalue weighted by Crippen LogP contribution is 2.44. The van der Waals surface area contributed by atoms with Crippen molar-refractivity contribution in [2.45, 2.75) is 43.5 Å². The van der Waals surface area contributed by atoms with Gasteiger partial charge in [-0.25, -0.2) is 13.1 Å². The van der Waals surface area contributed by atoms with E-state index in [2.05, 4.69) is 4.72 Å². The summed E-state index contributed by atoms with van der Waals surface area (Å²) in [4.78, 5) is 0.332. The minimum Gasteiger partial charge on any atom is -0.496 e. The molecule has 1 aromatic carbocycles. The summed E-state index contributed by atoms with van der Waals surface area (Å²) in [6.07, 6.45) is 4.62. The van der Waals surface area contributed by atoms with Crippen molar-refractivity contribution in [3.05, 3.63) is 23.8 Å². The van der Waals surface area contributed by atoms with Crippen LogP contribution in [-0.4, -0.2) is 21.6 Å². The van der Waals surface area contributed by atoms with E-state index in [1.54, 1.807) is 25.3 Å². The van der Waals surface area contributed by atoms with Crippen molar-refractivity contribution in [1.29, 1.82) is 0 Å². The van der Waals surface area contributed by atoms with Gasteiger partial charge in [0.2, 0.25) is 10.0 Å². The van der Waals surface area contributed by atoms with Gasteiger partial charge in [-0.3, -0.25) is 0 Å². The summed E-state index contributed by atoms with van der Waals surface area (Å²) in [5.74, 6) is 1.98. The first-order valence-electron chi connectivity index (χ1n) is 7.16. The molecule has 0 heterocycles. The summed E-state index contributed by atoms with van der Waals surface area (Å²) >= 11 is 0. The van der Waals surface area contributed by atoms with Crippen molar-refractivity contribution in [2.75, 3.05) is 7.11 Å². The Morgan fingerprint density at radius 2 is 2.05 bits per heavy atom. The fraction of sp³-hybridized carbons (Fsp3) is 0.600. The summed E-state index contributed by atoms with van der Waals surface area (Å²) in [6, 6.07) is 5.13. The van der Waals surface area contributed by atoms with Gasteiger partial charge in [-0.1, -0.05) is 6.42 Å². The maximum Gasteiger partial charge on any atom is 0.240 e. The molecule has 2 saturated carbocycles. The van der Waals surface area contributed by atoms with Crippen LogP contribution in [0.5, 0.6) is 5.75 Å². The molecule has 0 amide bonds. The number of fused-ring (bicyclic) bond motifs is 2. The minimum atomic E-state index is -3.42. The van der Waals surface area contributed by atoms with E-state index in [1.807, 2.05) is 6.92 Å². The van der Waals surface area contributed by atoms with Crippen molar-refractivity contribution in [2.24, 2.45) is 11.8 Å². The first-order valence-corrected chi connectivity index (χ1v) is 8.65. The van der Waals surface area contributed by atoms with Gasteiger partial charge >= 0.3 is 0 Å². The summed E-state index contributed by atoms with van der Waals surface area (Å²) < 4.78 is 33.0. The van der Waals surface area contributed by atoms with E-state index in [0.29, 0.717) is 16.6 Å². The van der Waals surface area contributed by atoms with E-state index in [9.17, 15) is 8.42 Å². The average Bonchev–Trinajstić information content (AvgIpc) is 3.00. The third kappa shape index (κ3) is 2.44. The molecule has 4 nitrogen and oxygen atoms in total. The third-order valence-electron chi connectivity index (χ3n) is 4.72. The van der Waals surface area contributed by atoms with Crippen LogP contribution in [0.1, 0.15) is 31.2 Å². The zero-order chi connectivity index (χ0) is 14.3. The van der Waals surface area contributed by atoms with E-state index in [1.165, 1.54) is 19.3 Å². The second-order valence-electron chi connectivity index (χ2n) is 6.03. The van der Waals surface area contributed by atoms with Crippen LogP contribution in [0.3, 0.4) is 0 Å². The molecule has 2 aliphatic rings. The molecular formula is C15H21NO3S. The fourth-order valence-corrected chi connectivity index (χ4v) is 5.08. The molecule has 0 aromatic heterocycles. The first-order chi connectivity index (χ1) is 9.49. The van der Waals surface area contributed by atoms with Crippen molar-refractivity contribution in [3.63, 3.8) is 0 Å². The Kier molecular flexibility index (Phi) is 3.50. The molecule has 3 atom stereocenters. The van der Waals surface area contributed by atoms with Gasteiger partial charge in [-0.05, 0) is 61.8 Å². The minimum absolute atomic E-state index is 0.126. The number of aryl methyl sites for hydroxylation is 1. The first kappa shape index (κ1) is 13.9. The summed E-state index contributed by atoms with van der Waals surface area (Å²) in [6.45, 7) is 1.86. The van der Waals surface area contributed by atoms with Gasteiger partial charge in [0.25, 0.3) is 0 Å². The van der Waals surface area contributed by atoms with Gasteiger partial charge in [-0.15, -0.1) is 0 Å². The second-order valence-corrected chi connectivity index (χ2v) is 7.75. The Morgan fingerprint density at radius 3 is 2.60 bits per heavy atom. The van der Waals surface area contributed by atoms with Crippen LogP contribution in [0.2, 0.25) is 0 Å². The average molecular weight is 295 g/mol. The number of hydrogen-bond donors (Lipinski definition) is 1. The fourth-order valence-electron chi connectivity index (χ4n) is 3.67. The topological polar surface area (TPSA) is 55.4 Å². The molecule has 2 aliphatic carbocycles. The molecule has 20 heavy (non-hydrogen) atoms. The lowest BCUT2D eigenvalue weighted by atomic mass is 9.96. The number of methoxy groups -OCH3 is 1. The molecule has 2 fully saturated rings. The zero-order valence-electron chi connectivity index (χ0n) is 11.9. The summed E-state index contributed by atoms with van der Waals surface area (Å²) in [5.41, 5.74) is 0.836. The highest BCUT2D eigenvalue weighted by Gasteiger charge is 2.41. The molecule has 0 saturated heterocycles. The number of sulfonamides is 1. The maximum absolute atomic E-state index is 12.5. The second kappa shape index (κ2) is 5.04. The Balaban J connectivity index is 1.79. The molecule has 2 bridgehead atoms. The van der Waals surface area contributed by atoms with Gasteiger partial charge in [0.1, 0.15) is 5.75 Å². The van der Waals surface area contributed by atoms with E-state index in [4.69, 9.17) is 4.74 Å². The molecule has 0 unspecified atom stereocenters. The van der Waals surface area contributed by atoms with E-state index >= 15 is 0 Å². The Labute approximate surface area is 120 Å². The quantitative estimate of drug-likeness (QED) is 0.928. The molecule has 1 N–H and O–H groups in total. The molecule has 0 aliphatic heterocycles. The Bertz CT molecular complexity index is 612. The van der Waals surface area contributed by atoms with Crippen molar-refractivity contribution >= 4 is 10.0 Å². The lowest BCUT2D eigenvalue weighted by Crippen LogP contribution is -2.38. The van der Waals surface area contributed by atoms with Crippen LogP contribution in [0, 0.1) is 18.8 Å². The van der Waals surface area contributed by atoms with Gasteiger partial charge in [0, 0.05) is 6.04 Å². The number of hydrogen-bond acceptors (Lipinski definition) is 3.